The molecule has 1 aromatic carbocycles. The number of carbonyl (C=O) groups is 2. The van der Waals surface area contributed by atoms with Crippen LogP contribution in [0.2, 0.25) is 0 Å². The zero-order chi connectivity index (χ0) is 17.5. The second kappa shape index (κ2) is 8.11. The maximum atomic E-state index is 12.0. The Hall–Kier alpha value is -2.87. The van der Waals surface area contributed by atoms with E-state index in [1.54, 1.807) is 56.3 Å². The lowest BCUT2D eigenvalue weighted by molar-refractivity contribution is -0.119. The van der Waals surface area contributed by atoms with E-state index in [1.807, 2.05) is 0 Å². The number of likely N-dealkylation sites (N-methyl/N-ethyl adjacent to an activating group) is 1. The van der Waals surface area contributed by atoms with Gasteiger partial charge in [-0.05, 0) is 26.1 Å². The fraction of sp³-hybridized carbons (Fsp3) is 0.312. The second-order valence-corrected chi connectivity index (χ2v) is 5.33. The molecule has 2 rings (SSSR count). The van der Waals surface area contributed by atoms with Gasteiger partial charge in [-0.3, -0.25) is 19.8 Å². The molecule has 2 aromatic rings. The lowest BCUT2D eigenvalue weighted by Gasteiger charge is -2.15. The number of rotatable bonds is 7. The first kappa shape index (κ1) is 17.5. The van der Waals surface area contributed by atoms with Gasteiger partial charge in [0.25, 0.3) is 0 Å². The standard InChI is InChI=1S/C16H20N4O4/c1-11-7-16(24-19-11)18-15(22)10-20(2)9-14(21)17-12-5-4-6-13(8-12)23-3/h4-8H,9-10H2,1-3H3,(H,17,21)(H,18,22). The predicted molar refractivity (Wildman–Crippen MR) is 89.0 cm³/mol. The van der Waals surface area contributed by atoms with E-state index < -0.39 is 0 Å². The maximum Gasteiger partial charge on any atom is 0.240 e. The Morgan fingerprint density at radius 3 is 2.54 bits per heavy atom. The smallest absolute Gasteiger partial charge is 0.240 e. The molecule has 0 aliphatic rings. The lowest BCUT2D eigenvalue weighted by atomic mass is 10.3. The van der Waals surface area contributed by atoms with Crippen molar-refractivity contribution in [3.05, 3.63) is 36.0 Å². The first-order valence-electron chi connectivity index (χ1n) is 7.32. The van der Waals surface area contributed by atoms with Crippen molar-refractivity contribution in [1.82, 2.24) is 10.1 Å². The van der Waals surface area contributed by atoms with Gasteiger partial charge in [-0.25, -0.2) is 0 Å². The summed E-state index contributed by atoms with van der Waals surface area (Å²) in [7, 11) is 3.24. The molecule has 8 heteroatoms. The van der Waals surface area contributed by atoms with Crippen LogP contribution < -0.4 is 15.4 Å². The van der Waals surface area contributed by atoms with Crippen LogP contribution in [0.5, 0.6) is 5.75 Å². The molecule has 0 fully saturated rings. The molecular weight excluding hydrogens is 312 g/mol. The molecule has 0 aliphatic carbocycles. The highest BCUT2D eigenvalue weighted by Gasteiger charge is 2.13. The summed E-state index contributed by atoms with van der Waals surface area (Å²) < 4.78 is 10.0. The van der Waals surface area contributed by atoms with Gasteiger partial charge in [0, 0.05) is 17.8 Å². The topological polar surface area (TPSA) is 96.7 Å². The summed E-state index contributed by atoms with van der Waals surface area (Å²) in [5, 5.41) is 9.01. The van der Waals surface area contributed by atoms with Crippen LogP contribution in [-0.4, -0.2) is 49.1 Å². The van der Waals surface area contributed by atoms with Gasteiger partial charge < -0.3 is 14.6 Å². The van der Waals surface area contributed by atoms with Crippen molar-refractivity contribution >= 4 is 23.4 Å². The van der Waals surface area contributed by atoms with Crippen LogP contribution in [0, 0.1) is 6.92 Å². The second-order valence-electron chi connectivity index (χ2n) is 5.33. The molecular formula is C16H20N4O4. The number of methoxy groups -OCH3 is 1. The Bertz CT molecular complexity index is 714. The number of anilines is 2. The van der Waals surface area contributed by atoms with E-state index in [-0.39, 0.29) is 30.8 Å². The quantitative estimate of drug-likeness (QED) is 0.797. The molecule has 0 atom stereocenters. The predicted octanol–water partition coefficient (Wildman–Crippen LogP) is 1.50. The average Bonchev–Trinajstić information content (AvgIpc) is 2.91. The van der Waals surface area contributed by atoms with Crippen molar-refractivity contribution in [3.8, 4) is 5.75 Å². The molecule has 2 N–H and O–H groups in total. The maximum absolute atomic E-state index is 12.0. The third-order valence-electron chi connectivity index (χ3n) is 3.07. The van der Waals surface area contributed by atoms with Gasteiger partial charge in [-0.1, -0.05) is 11.2 Å². The summed E-state index contributed by atoms with van der Waals surface area (Å²) in [6, 6.07) is 8.67. The number of nitrogens with zero attached hydrogens (tertiary/aromatic N) is 2. The highest BCUT2D eigenvalue weighted by atomic mass is 16.5. The van der Waals surface area contributed by atoms with Crippen molar-refractivity contribution in [2.45, 2.75) is 6.92 Å². The van der Waals surface area contributed by atoms with Gasteiger partial charge >= 0.3 is 0 Å². The molecule has 2 amide bonds. The van der Waals surface area contributed by atoms with E-state index in [9.17, 15) is 9.59 Å². The van der Waals surface area contributed by atoms with Gasteiger partial charge in [0.05, 0.1) is 25.9 Å². The van der Waals surface area contributed by atoms with Gasteiger partial charge in [0.2, 0.25) is 17.7 Å². The highest BCUT2D eigenvalue weighted by Crippen LogP contribution is 2.16. The van der Waals surface area contributed by atoms with Gasteiger partial charge in [0.1, 0.15) is 5.75 Å². The number of ether oxygens (including phenoxy) is 1. The first-order valence-corrected chi connectivity index (χ1v) is 7.32. The van der Waals surface area contributed by atoms with Crippen molar-refractivity contribution < 1.29 is 18.8 Å². The molecule has 0 unspecified atom stereocenters. The minimum Gasteiger partial charge on any atom is -0.497 e. The molecule has 0 bridgehead atoms. The monoisotopic (exact) mass is 332 g/mol. The molecule has 24 heavy (non-hydrogen) atoms. The van der Waals surface area contributed by atoms with Crippen molar-refractivity contribution in [2.75, 3.05) is 37.9 Å². The van der Waals surface area contributed by atoms with Crippen LogP contribution >= 0.6 is 0 Å². The van der Waals surface area contributed by atoms with E-state index in [0.29, 0.717) is 17.1 Å². The first-order chi connectivity index (χ1) is 11.5. The zero-order valence-electron chi connectivity index (χ0n) is 13.8. The van der Waals surface area contributed by atoms with E-state index in [0.717, 1.165) is 0 Å². The molecule has 8 nitrogen and oxygen atoms in total. The number of hydrogen-bond donors (Lipinski definition) is 2. The number of hydrogen-bond acceptors (Lipinski definition) is 6. The number of nitrogens with one attached hydrogen (secondary N) is 2. The Labute approximate surface area is 139 Å². The number of carbonyl (C=O) groups excluding carboxylic acids is 2. The molecule has 1 heterocycles. The molecule has 128 valence electrons. The van der Waals surface area contributed by atoms with Crippen LogP contribution in [0.1, 0.15) is 5.69 Å². The summed E-state index contributed by atoms with van der Waals surface area (Å²) >= 11 is 0. The highest BCUT2D eigenvalue weighted by molar-refractivity contribution is 5.94. The third kappa shape index (κ3) is 5.40. The SMILES string of the molecule is COc1cccc(NC(=O)CN(C)CC(=O)Nc2cc(C)no2)c1. The molecule has 0 aliphatic heterocycles. The van der Waals surface area contributed by atoms with E-state index in [4.69, 9.17) is 9.26 Å². The van der Waals surface area contributed by atoms with Crippen LogP contribution in [0.25, 0.3) is 0 Å². The van der Waals surface area contributed by atoms with Crippen molar-refractivity contribution in [3.63, 3.8) is 0 Å². The Morgan fingerprint density at radius 2 is 1.92 bits per heavy atom. The molecule has 0 radical (unpaired) electrons. The minimum atomic E-state index is -0.289. The van der Waals surface area contributed by atoms with Crippen molar-refractivity contribution in [2.24, 2.45) is 0 Å². The largest absolute Gasteiger partial charge is 0.497 e. The summed E-state index contributed by atoms with van der Waals surface area (Å²) in [6.07, 6.45) is 0. The van der Waals surface area contributed by atoms with E-state index >= 15 is 0 Å². The number of benzene rings is 1. The minimum absolute atomic E-state index is 0.0469. The molecule has 0 spiro atoms. The van der Waals surface area contributed by atoms with Gasteiger partial charge in [0.15, 0.2) is 0 Å². The summed E-state index contributed by atoms with van der Waals surface area (Å²) in [5.41, 5.74) is 1.31. The molecule has 0 saturated carbocycles. The van der Waals surface area contributed by atoms with Crippen LogP contribution in [-0.2, 0) is 9.59 Å². The number of aromatic nitrogens is 1. The van der Waals surface area contributed by atoms with Crippen LogP contribution in [0.15, 0.2) is 34.9 Å². The molecule has 1 aromatic heterocycles. The summed E-state index contributed by atoms with van der Waals surface area (Å²) in [4.78, 5) is 25.5. The van der Waals surface area contributed by atoms with Crippen LogP contribution in [0.3, 0.4) is 0 Å². The average molecular weight is 332 g/mol. The fourth-order valence-electron chi connectivity index (χ4n) is 2.05. The lowest BCUT2D eigenvalue weighted by Crippen LogP contribution is -2.36. The number of aryl methyl sites for hydroxylation is 1. The Kier molecular flexibility index (Phi) is 5.91. The normalized spacial score (nSPS) is 10.5. The van der Waals surface area contributed by atoms with Gasteiger partial charge in [-0.15, -0.1) is 0 Å². The van der Waals surface area contributed by atoms with Crippen molar-refractivity contribution in [1.29, 1.82) is 0 Å². The van der Waals surface area contributed by atoms with E-state index in [2.05, 4.69) is 15.8 Å². The fourth-order valence-corrected chi connectivity index (χ4v) is 2.05. The third-order valence-corrected chi connectivity index (χ3v) is 3.07. The summed E-state index contributed by atoms with van der Waals surface area (Å²) in [6.45, 7) is 1.87. The number of amides is 2. The zero-order valence-corrected chi connectivity index (χ0v) is 13.8. The van der Waals surface area contributed by atoms with E-state index in [1.165, 1.54) is 0 Å². The van der Waals surface area contributed by atoms with Gasteiger partial charge in [-0.2, -0.15) is 0 Å². The summed E-state index contributed by atoms with van der Waals surface area (Å²) in [5.74, 6) is 0.423. The molecule has 0 saturated heterocycles. The Morgan fingerprint density at radius 1 is 1.21 bits per heavy atom. The van der Waals surface area contributed by atoms with Crippen LogP contribution in [0.4, 0.5) is 11.6 Å². The Balaban J connectivity index is 1.79.